The summed E-state index contributed by atoms with van der Waals surface area (Å²) in [5.41, 5.74) is 3.98. The highest BCUT2D eigenvalue weighted by Crippen LogP contribution is 2.53. The molecule has 130 valence electrons. The first-order chi connectivity index (χ1) is 12.0. The van der Waals surface area contributed by atoms with E-state index in [-0.39, 0.29) is 23.0 Å². The minimum atomic E-state index is -0.224. The van der Waals surface area contributed by atoms with Crippen LogP contribution in [-0.2, 0) is 30.1 Å². The Morgan fingerprint density at radius 2 is 2.12 bits per heavy atom. The molecule has 1 fully saturated rings. The first-order valence-corrected chi connectivity index (χ1v) is 8.99. The second-order valence-electron chi connectivity index (χ2n) is 7.62. The van der Waals surface area contributed by atoms with Gasteiger partial charge in [0.2, 0.25) is 0 Å². The van der Waals surface area contributed by atoms with E-state index in [4.69, 9.17) is 5.10 Å². The normalized spacial score (nSPS) is 30.2. The summed E-state index contributed by atoms with van der Waals surface area (Å²) in [4.78, 5) is 12.7. The van der Waals surface area contributed by atoms with Crippen molar-refractivity contribution in [1.29, 1.82) is 0 Å². The van der Waals surface area contributed by atoms with E-state index in [2.05, 4.69) is 30.5 Å². The average molecular weight is 336 g/mol. The number of rotatable bonds is 2. The molecule has 4 rings (SSSR count). The van der Waals surface area contributed by atoms with Gasteiger partial charge in [-0.25, -0.2) is 0 Å². The smallest absolute Gasteiger partial charge is 0.165 e. The summed E-state index contributed by atoms with van der Waals surface area (Å²) in [5.74, 6) is 0.257. The van der Waals surface area contributed by atoms with Gasteiger partial charge in [0, 0.05) is 30.2 Å². The SMILES string of the molecule is C[C@@H]1C(=O)/C(=C\O)C[C@]2(Cc3ccccc3)c3nn(C)cc3CC[C@@H]12. The number of carbonyl (C=O) groups is 1. The molecule has 1 saturated carbocycles. The number of aromatic nitrogens is 2. The highest BCUT2D eigenvalue weighted by atomic mass is 16.2. The topological polar surface area (TPSA) is 55.1 Å². The van der Waals surface area contributed by atoms with Gasteiger partial charge in [0.25, 0.3) is 0 Å². The standard InChI is InChI=1S/C21H24N2O2/c1-14-18-9-8-16-12-23(2)22-20(16)21(18,11-17(13-24)19(14)25)10-15-6-4-3-5-7-15/h3-7,12-14,18,24H,8-11H2,1-2H3/b17-13-/t14-,18-,21-/m0/s1. The predicted molar refractivity (Wildman–Crippen MR) is 96.3 cm³/mol. The van der Waals surface area contributed by atoms with Crippen molar-refractivity contribution >= 4 is 5.78 Å². The summed E-state index contributed by atoms with van der Waals surface area (Å²) in [6.07, 6.45) is 6.52. The van der Waals surface area contributed by atoms with Crippen LogP contribution in [0.25, 0.3) is 0 Å². The van der Waals surface area contributed by atoms with Crippen LogP contribution < -0.4 is 0 Å². The lowest BCUT2D eigenvalue weighted by Gasteiger charge is -2.49. The first-order valence-electron chi connectivity index (χ1n) is 8.99. The molecule has 2 aliphatic rings. The van der Waals surface area contributed by atoms with Crippen molar-refractivity contribution in [3.05, 3.63) is 65.2 Å². The van der Waals surface area contributed by atoms with E-state index in [1.165, 1.54) is 11.1 Å². The molecular formula is C21H24N2O2. The maximum absolute atomic E-state index is 12.7. The average Bonchev–Trinajstić information content (AvgIpc) is 3.01. The van der Waals surface area contributed by atoms with Gasteiger partial charge in [-0.2, -0.15) is 5.10 Å². The summed E-state index contributed by atoms with van der Waals surface area (Å²) in [6.45, 7) is 2.02. The molecule has 0 aliphatic heterocycles. The zero-order valence-corrected chi connectivity index (χ0v) is 14.8. The maximum atomic E-state index is 12.7. The summed E-state index contributed by atoms with van der Waals surface area (Å²) in [7, 11) is 1.96. The van der Waals surface area contributed by atoms with E-state index in [1.807, 2.05) is 24.7 Å². The molecule has 0 unspecified atom stereocenters. The number of nitrogens with zero attached hydrogens (tertiary/aromatic N) is 2. The third-order valence-corrected chi connectivity index (χ3v) is 6.17. The van der Waals surface area contributed by atoms with Crippen LogP contribution in [0.4, 0.5) is 0 Å². The Morgan fingerprint density at radius 3 is 2.84 bits per heavy atom. The predicted octanol–water partition coefficient (Wildman–Crippen LogP) is 3.51. The summed E-state index contributed by atoms with van der Waals surface area (Å²) >= 11 is 0. The van der Waals surface area contributed by atoms with Crippen molar-refractivity contribution in [3.63, 3.8) is 0 Å². The molecule has 0 bridgehead atoms. The van der Waals surface area contributed by atoms with Crippen molar-refractivity contribution in [2.45, 2.75) is 38.0 Å². The Kier molecular flexibility index (Phi) is 3.78. The Bertz CT molecular complexity index is 837. The van der Waals surface area contributed by atoms with Crippen LogP contribution in [0.1, 0.15) is 36.6 Å². The molecule has 1 N–H and O–H groups in total. The minimum absolute atomic E-state index is 0.0916. The van der Waals surface area contributed by atoms with Crippen molar-refractivity contribution in [2.75, 3.05) is 0 Å². The van der Waals surface area contributed by atoms with Gasteiger partial charge in [0.1, 0.15) is 0 Å². The van der Waals surface area contributed by atoms with E-state index in [0.717, 1.165) is 31.2 Å². The van der Waals surface area contributed by atoms with Gasteiger partial charge in [-0.15, -0.1) is 0 Å². The number of aliphatic hydroxyl groups excluding tert-OH is 1. The number of fused-ring (bicyclic) bond motifs is 3. The van der Waals surface area contributed by atoms with Gasteiger partial charge in [0.15, 0.2) is 5.78 Å². The molecule has 1 aromatic carbocycles. The van der Waals surface area contributed by atoms with Crippen LogP contribution in [0.2, 0.25) is 0 Å². The van der Waals surface area contributed by atoms with Crippen LogP contribution in [-0.4, -0.2) is 20.7 Å². The largest absolute Gasteiger partial charge is 0.515 e. The lowest BCUT2D eigenvalue weighted by Crippen LogP contribution is -2.51. The number of aliphatic hydroxyl groups is 1. The molecule has 2 aromatic rings. The van der Waals surface area contributed by atoms with Crippen LogP contribution in [0, 0.1) is 11.8 Å². The number of aryl methyl sites for hydroxylation is 2. The van der Waals surface area contributed by atoms with E-state index in [9.17, 15) is 9.90 Å². The Balaban J connectivity index is 1.89. The fraction of sp³-hybridized carbons (Fsp3) is 0.429. The Labute approximate surface area is 148 Å². The van der Waals surface area contributed by atoms with Crippen LogP contribution in [0.15, 0.2) is 48.4 Å². The number of ketones is 1. The quantitative estimate of drug-likeness (QED) is 0.674. The molecule has 3 atom stereocenters. The molecular weight excluding hydrogens is 312 g/mol. The fourth-order valence-corrected chi connectivity index (χ4v) is 5.09. The first kappa shape index (κ1) is 16.1. The van der Waals surface area contributed by atoms with Gasteiger partial charge in [-0.05, 0) is 42.7 Å². The number of hydrogen-bond acceptors (Lipinski definition) is 3. The van der Waals surface area contributed by atoms with Gasteiger partial charge in [-0.1, -0.05) is 37.3 Å². The molecule has 4 heteroatoms. The zero-order chi connectivity index (χ0) is 17.6. The van der Waals surface area contributed by atoms with E-state index in [1.54, 1.807) is 0 Å². The molecule has 1 aromatic heterocycles. The third kappa shape index (κ3) is 2.43. The Hall–Kier alpha value is -2.36. The zero-order valence-electron chi connectivity index (χ0n) is 14.8. The van der Waals surface area contributed by atoms with Gasteiger partial charge in [0.05, 0.1) is 12.0 Å². The van der Waals surface area contributed by atoms with Gasteiger partial charge >= 0.3 is 0 Å². The van der Waals surface area contributed by atoms with Crippen molar-refractivity contribution < 1.29 is 9.90 Å². The molecule has 1 heterocycles. The van der Waals surface area contributed by atoms with Crippen LogP contribution >= 0.6 is 0 Å². The third-order valence-electron chi connectivity index (χ3n) is 6.17. The lowest BCUT2D eigenvalue weighted by molar-refractivity contribution is -0.124. The highest BCUT2D eigenvalue weighted by molar-refractivity contribution is 5.98. The second-order valence-corrected chi connectivity index (χ2v) is 7.62. The summed E-state index contributed by atoms with van der Waals surface area (Å²) in [6, 6.07) is 10.4. The monoisotopic (exact) mass is 336 g/mol. The number of benzene rings is 1. The lowest BCUT2D eigenvalue weighted by atomic mass is 9.53. The molecule has 25 heavy (non-hydrogen) atoms. The molecule has 4 nitrogen and oxygen atoms in total. The number of allylic oxidation sites excluding steroid dienone is 1. The highest BCUT2D eigenvalue weighted by Gasteiger charge is 2.54. The second kappa shape index (κ2) is 5.87. The number of Topliss-reactive ketones (excluding diaryl/α,β-unsaturated/α-hetero) is 1. The molecule has 0 saturated heterocycles. The van der Waals surface area contributed by atoms with Crippen molar-refractivity contribution in [1.82, 2.24) is 9.78 Å². The molecule has 0 radical (unpaired) electrons. The fourth-order valence-electron chi connectivity index (χ4n) is 5.09. The summed E-state index contributed by atoms with van der Waals surface area (Å²) < 4.78 is 1.89. The molecule has 0 spiro atoms. The van der Waals surface area contributed by atoms with Crippen LogP contribution in [0.3, 0.4) is 0 Å². The Morgan fingerprint density at radius 1 is 1.36 bits per heavy atom. The maximum Gasteiger partial charge on any atom is 0.165 e. The number of carbonyl (C=O) groups excluding carboxylic acids is 1. The van der Waals surface area contributed by atoms with E-state index < -0.39 is 0 Å². The van der Waals surface area contributed by atoms with Gasteiger partial charge < -0.3 is 5.11 Å². The van der Waals surface area contributed by atoms with E-state index >= 15 is 0 Å². The van der Waals surface area contributed by atoms with Gasteiger partial charge in [-0.3, -0.25) is 9.48 Å². The molecule has 2 aliphatic carbocycles. The minimum Gasteiger partial charge on any atom is -0.515 e. The van der Waals surface area contributed by atoms with E-state index in [0.29, 0.717) is 12.0 Å². The molecule has 0 amide bonds. The van der Waals surface area contributed by atoms with Crippen molar-refractivity contribution in [2.24, 2.45) is 18.9 Å². The number of hydrogen-bond donors (Lipinski definition) is 1. The summed E-state index contributed by atoms with van der Waals surface area (Å²) in [5, 5.41) is 14.5. The van der Waals surface area contributed by atoms with Crippen molar-refractivity contribution in [3.8, 4) is 0 Å². The van der Waals surface area contributed by atoms with Crippen LogP contribution in [0.5, 0.6) is 0 Å².